The molecule has 0 bridgehead atoms. The molecule has 0 radical (unpaired) electrons. The highest BCUT2D eigenvalue weighted by Crippen LogP contribution is 2.26. The van der Waals surface area contributed by atoms with Gasteiger partial charge in [0.1, 0.15) is 9.79 Å². The van der Waals surface area contributed by atoms with E-state index in [4.69, 9.17) is 0 Å². The second-order valence-electron chi connectivity index (χ2n) is 9.30. The monoisotopic (exact) mass is 702 g/mol. The van der Waals surface area contributed by atoms with Crippen LogP contribution in [0.5, 0.6) is 0 Å². The topological polar surface area (TPSA) is 324 Å². The number of carbonyl (C=O) groups is 6. The Morgan fingerprint density at radius 3 is 1.31 bits per heavy atom. The maximum absolute atomic E-state index is 12.2. The third-order valence-electron chi connectivity index (χ3n) is 6.04. The number of rotatable bonds is 10. The van der Waals surface area contributed by atoms with Crippen molar-refractivity contribution in [2.24, 2.45) is 10.2 Å². The lowest BCUT2D eigenvalue weighted by Crippen LogP contribution is -2.42. The maximum Gasteiger partial charge on any atom is 0.338 e. The first kappa shape index (κ1) is 34.5. The molecule has 2 aromatic carbocycles. The lowest BCUT2D eigenvalue weighted by atomic mass is 10.1. The highest BCUT2D eigenvalue weighted by molar-refractivity contribution is 7.86. The quantitative estimate of drug-likeness (QED) is 0.0651. The largest absolute Gasteiger partial charge is 0.478 e. The summed E-state index contributed by atoms with van der Waals surface area (Å²) in [5, 5.41) is 29.4. The third-order valence-corrected chi connectivity index (χ3v) is 7.86. The summed E-state index contributed by atoms with van der Waals surface area (Å²) >= 11 is 0. The van der Waals surface area contributed by atoms with Crippen LogP contribution < -0.4 is 21.5 Å². The van der Waals surface area contributed by atoms with E-state index in [1.54, 1.807) is 0 Å². The minimum atomic E-state index is -4.99. The van der Waals surface area contributed by atoms with E-state index in [1.165, 1.54) is 12.1 Å². The fourth-order valence-corrected chi connectivity index (χ4v) is 5.38. The van der Waals surface area contributed by atoms with Crippen molar-refractivity contribution in [1.82, 2.24) is 10.6 Å². The molecule has 2 heterocycles. The van der Waals surface area contributed by atoms with E-state index in [9.17, 15) is 64.9 Å². The van der Waals surface area contributed by atoms with E-state index in [-0.39, 0.29) is 22.5 Å². The van der Waals surface area contributed by atoms with Crippen molar-refractivity contribution in [3.8, 4) is 0 Å². The van der Waals surface area contributed by atoms with Crippen LogP contribution in [0.2, 0.25) is 0 Å². The molecular weight excluding hydrogens is 684 g/mol. The van der Waals surface area contributed by atoms with Crippen LogP contribution in [0.4, 0.5) is 11.4 Å². The molecule has 4 amide bonds. The van der Waals surface area contributed by atoms with Gasteiger partial charge in [0.05, 0.1) is 22.5 Å². The van der Waals surface area contributed by atoms with E-state index < -0.39 is 88.2 Å². The number of hydrazone groups is 2. The number of nitrogens with zero attached hydrogens (tertiary/aromatic N) is 2. The van der Waals surface area contributed by atoms with Gasteiger partial charge in [0.15, 0.2) is 11.4 Å². The van der Waals surface area contributed by atoms with Gasteiger partial charge in [0.25, 0.3) is 43.9 Å². The lowest BCUT2D eigenvalue weighted by Gasteiger charge is -2.13. The van der Waals surface area contributed by atoms with Crippen molar-refractivity contribution in [3.05, 3.63) is 70.8 Å². The SMILES string of the molecule is O=C1C=C(C(=O)O)/C(=N/Nc2ccc(C=Cc3ccc(N/N=C4\C(=O)NC(=O)C=C4C(=O)O)cc3S(=O)(=O)O)c(S(=O)(=O)O)c2)C(=O)N1. The van der Waals surface area contributed by atoms with Crippen molar-refractivity contribution in [3.63, 3.8) is 0 Å². The maximum atomic E-state index is 12.2. The Kier molecular flexibility index (Phi) is 9.47. The van der Waals surface area contributed by atoms with Crippen molar-refractivity contribution in [1.29, 1.82) is 0 Å². The summed E-state index contributed by atoms with van der Waals surface area (Å²) in [6.07, 6.45) is 3.28. The zero-order chi connectivity index (χ0) is 35.6. The van der Waals surface area contributed by atoms with Crippen LogP contribution >= 0.6 is 0 Å². The van der Waals surface area contributed by atoms with Crippen molar-refractivity contribution >= 4 is 90.8 Å². The molecule has 248 valence electrons. The average molecular weight is 703 g/mol. The fourth-order valence-electron chi connectivity index (χ4n) is 3.96. The highest BCUT2D eigenvalue weighted by Gasteiger charge is 2.30. The predicted molar refractivity (Wildman–Crippen MR) is 161 cm³/mol. The number of carboxylic acid groups (broad SMARTS) is 2. The Bertz CT molecular complexity index is 2060. The van der Waals surface area contributed by atoms with E-state index >= 15 is 0 Å². The van der Waals surface area contributed by atoms with E-state index in [0.717, 1.165) is 36.4 Å². The number of carbonyl (C=O) groups excluding carboxylic acids is 4. The van der Waals surface area contributed by atoms with Gasteiger partial charge >= 0.3 is 11.9 Å². The van der Waals surface area contributed by atoms with Gasteiger partial charge in [0, 0.05) is 12.2 Å². The van der Waals surface area contributed by atoms with Gasteiger partial charge in [-0.3, -0.25) is 49.8 Å². The molecule has 4 rings (SSSR count). The summed E-state index contributed by atoms with van der Waals surface area (Å²) in [4.78, 5) is 68.3. The molecule has 0 fully saturated rings. The Morgan fingerprint density at radius 1 is 0.646 bits per heavy atom. The van der Waals surface area contributed by atoms with Crippen LogP contribution in [0.3, 0.4) is 0 Å². The predicted octanol–water partition coefficient (Wildman–Crippen LogP) is -0.779. The van der Waals surface area contributed by atoms with E-state index in [2.05, 4.69) is 21.1 Å². The molecule has 8 N–H and O–H groups in total. The number of imide groups is 2. The van der Waals surface area contributed by atoms with Crippen molar-refractivity contribution in [2.45, 2.75) is 9.79 Å². The van der Waals surface area contributed by atoms with Crippen molar-refractivity contribution < 1.29 is 64.9 Å². The molecule has 2 aromatic rings. The van der Waals surface area contributed by atoms with E-state index in [0.29, 0.717) is 12.2 Å². The summed E-state index contributed by atoms with van der Waals surface area (Å²) in [5.74, 6) is -7.64. The summed E-state index contributed by atoms with van der Waals surface area (Å²) in [6.45, 7) is 0. The molecular formula is C26H18N6O14S2. The van der Waals surface area contributed by atoms with Gasteiger partial charge in [-0.05, 0) is 35.4 Å². The average Bonchev–Trinajstić information content (AvgIpc) is 2.97. The van der Waals surface area contributed by atoms with E-state index in [1.807, 2.05) is 10.6 Å². The fraction of sp³-hybridized carbons (Fsp3) is 0. The molecule has 0 unspecified atom stereocenters. The second-order valence-corrected chi connectivity index (χ2v) is 12.1. The van der Waals surface area contributed by atoms with Gasteiger partial charge in [-0.15, -0.1) is 0 Å². The van der Waals surface area contributed by atoms with Crippen LogP contribution in [0.15, 0.2) is 79.7 Å². The smallest absolute Gasteiger partial charge is 0.338 e. The molecule has 20 nitrogen and oxygen atoms in total. The molecule has 0 atom stereocenters. The molecule has 2 aliphatic rings. The zero-order valence-corrected chi connectivity index (χ0v) is 25.0. The molecule has 0 spiro atoms. The highest BCUT2D eigenvalue weighted by atomic mass is 32.2. The number of amides is 4. The van der Waals surface area contributed by atoms with Gasteiger partial charge in [0.2, 0.25) is 0 Å². The molecule has 0 saturated carbocycles. The standard InChI is InChI=1S/C26H18N6O14S2/c33-19-9-15(25(37)38)21(23(35)27-19)31-29-13-5-3-11(17(7-13)47(41,42)43)1-2-12-4-6-14(8-18(12)48(44,45)46)30-32-22-16(26(39)40)10-20(34)28-24(22)36/h1-10,29-30H,(H,37,38)(H,39,40)(H,27,33,35)(H,28,34,36)(H,41,42,43)(H,44,45,46)/b2-1?,31-21-,32-22-. The number of benzene rings is 2. The zero-order valence-electron chi connectivity index (χ0n) is 23.4. The van der Waals surface area contributed by atoms with Gasteiger partial charge in [-0.2, -0.15) is 27.0 Å². The minimum absolute atomic E-state index is 0.186. The first-order valence-corrected chi connectivity index (χ1v) is 15.4. The van der Waals surface area contributed by atoms with Gasteiger partial charge in [-0.25, -0.2) is 9.59 Å². The number of hydrogen-bond acceptors (Lipinski definition) is 14. The normalized spacial score (nSPS) is 17.1. The molecule has 0 aromatic heterocycles. The van der Waals surface area contributed by atoms with Gasteiger partial charge in [-0.1, -0.05) is 24.3 Å². The molecule has 2 aliphatic heterocycles. The number of nitrogens with one attached hydrogen (secondary N) is 4. The number of hydrogen-bond donors (Lipinski definition) is 8. The second kappa shape index (κ2) is 13.2. The van der Waals surface area contributed by atoms with Crippen LogP contribution in [0.25, 0.3) is 12.2 Å². The molecule has 48 heavy (non-hydrogen) atoms. The first-order chi connectivity index (χ1) is 22.3. The summed E-state index contributed by atoms with van der Waals surface area (Å²) in [5.41, 5.74) is 0.693. The number of carboxylic acids is 2. The van der Waals surface area contributed by atoms with Crippen molar-refractivity contribution in [2.75, 3.05) is 10.9 Å². The minimum Gasteiger partial charge on any atom is -0.478 e. The number of anilines is 2. The Balaban J connectivity index is 1.67. The summed E-state index contributed by atoms with van der Waals surface area (Å²) in [7, 11) is -9.98. The first-order valence-electron chi connectivity index (χ1n) is 12.5. The van der Waals surface area contributed by atoms with Crippen LogP contribution in [0, 0.1) is 0 Å². The molecule has 22 heteroatoms. The Hall–Kier alpha value is -6.36. The lowest BCUT2D eigenvalue weighted by molar-refractivity contribution is -0.133. The molecule has 0 aliphatic carbocycles. The third kappa shape index (κ3) is 7.88. The number of aliphatic carboxylic acids is 2. The van der Waals surface area contributed by atoms with Crippen LogP contribution in [-0.4, -0.2) is 83.1 Å². The van der Waals surface area contributed by atoms with Gasteiger partial charge < -0.3 is 10.2 Å². The molecule has 0 saturated heterocycles. The Morgan fingerprint density at radius 2 is 1.00 bits per heavy atom. The summed E-state index contributed by atoms with van der Waals surface area (Å²) < 4.78 is 68.2. The summed E-state index contributed by atoms with van der Waals surface area (Å²) in [6, 6.07) is 6.23. The van der Waals surface area contributed by atoms with Crippen LogP contribution in [0.1, 0.15) is 11.1 Å². The Labute approximate surface area is 267 Å². The van der Waals surface area contributed by atoms with Crippen LogP contribution in [-0.2, 0) is 49.0 Å².